The third-order valence-corrected chi connectivity index (χ3v) is 6.13. The number of pyridine rings is 2. The molecule has 0 radical (unpaired) electrons. The Morgan fingerprint density at radius 1 is 1.30 bits per heavy atom. The molecule has 1 aliphatic rings. The van der Waals surface area contributed by atoms with Crippen molar-refractivity contribution in [3.8, 4) is 11.8 Å². The van der Waals surface area contributed by atoms with E-state index in [0.717, 1.165) is 11.1 Å². The van der Waals surface area contributed by atoms with E-state index in [1.54, 1.807) is 18.2 Å². The van der Waals surface area contributed by atoms with Crippen LogP contribution >= 0.6 is 23.4 Å². The summed E-state index contributed by atoms with van der Waals surface area (Å²) in [4.78, 5) is 25.9. The second-order valence-corrected chi connectivity index (χ2v) is 9.04. The van der Waals surface area contributed by atoms with E-state index >= 15 is 0 Å². The lowest BCUT2D eigenvalue weighted by Crippen LogP contribution is -2.19. The summed E-state index contributed by atoms with van der Waals surface area (Å²) in [6.07, 6.45) is 3.01. The number of aryl methyl sites for hydroxylation is 1. The van der Waals surface area contributed by atoms with Gasteiger partial charge in [-0.05, 0) is 67.9 Å². The van der Waals surface area contributed by atoms with Crippen molar-refractivity contribution < 1.29 is 9.53 Å². The molecule has 0 bridgehead atoms. The maximum Gasteiger partial charge on any atom is 0.286 e. The van der Waals surface area contributed by atoms with Crippen molar-refractivity contribution in [2.24, 2.45) is 4.99 Å². The lowest BCUT2D eigenvalue weighted by Gasteiger charge is -2.13. The number of fused-ring (bicyclic) bond motifs is 1. The molecule has 0 spiro atoms. The number of hydrogen-bond donors (Lipinski definition) is 1. The molecule has 0 saturated carbocycles. The maximum atomic E-state index is 12.5. The first kappa shape index (κ1) is 22.8. The Morgan fingerprint density at radius 2 is 2.12 bits per heavy atom. The molecule has 0 unspecified atom stereocenters. The van der Waals surface area contributed by atoms with Gasteiger partial charge in [-0.2, -0.15) is 10.3 Å². The Bertz CT molecular complexity index is 1340. The number of carbonyl (C=O) groups is 1. The van der Waals surface area contributed by atoms with Crippen LogP contribution in [0.3, 0.4) is 0 Å². The number of carbonyl (C=O) groups excluding carboxylic acids is 1. The van der Waals surface area contributed by atoms with Crippen LogP contribution in [-0.2, 0) is 11.3 Å². The Labute approximate surface area is 200 Å². The van der Waals surface area contributed by atoms with Crippen LogP contribution in [-0.4, -0.2) is 27.1 Å². The number of aromatic nitrogens is 2. The lowest BCUT2D eigenvalue weighted by atomic mass is 10.1. The van der Waals surface area contributed by atoms with Gasteiger partial charge in [0.05, 0.1) is 22.2 Å². The highest BCUT2D eigenvalue weighted by Gasteiger charge is 2.22. The summed E-state index contributed by atoms with van der Waals surface area (Å²) in [5, 5.41) is 13.8. The van der Waals surface area contributed by atoms with E-state index in [9.17, 15) is 10.1 Å². The first-order valence-corrected chi connectivity index (χ1v) is 11.4. The molecule has 33 heavy (non-hydrogen) atoms. The van der Waals surface area contributed by atoms with Crippen LogP contribution in [0.5, 0.6) is 5.75 Å². The molecule has 9 heteroatoms. The van der Waals surface area contributed by atoms with Gasteiger partial charge < -0.3 is 10.1 Å². The quantitative estimate of drug-likeness (QED) is 0.515. The molecule has 1 amide bonds. The van der Waals surface area contributed by atoms with Gasteiger partial charge in [0.25, 0.3) is 5.91 Å². The average Bonchev–Trinajstić information content (AvgIpc) is 3.12. The molecule has 3 heterocycles. The standard InChI is InChI=1S/C24H20ClN5O2S/c1-13(2)32-22-15(10-26)11-27-19-8-7-16(29-21(19)22)9-20-23(31)30-24(33-20)28-12-17-14(3)5-4-6-18(17)25/h4-9,11,13H,12H2,1-3H3,(H,28,30,31)/b20-9+. The summed E-state index contributed by atoms with van der Waals surface area (Å²) in [6, 6.07) is 11.4. The summed E-state index contributed by atoms with van der Waals surface area (Å²) < 4.78 is 5.84. The molecule has 0 saturated heterocycles. The van der Waals surface area contributed by atoms with Gasteiger partial charge in [-0.15, -0.1) is 0 Å². The van der Waals surface area contributed by atoms with Crippen molar-refractivity contribution in [2.45, 2.75) is 33.4 Å². The molecule has 1 aliphatic heterocycles. The topological polar surface area (TPSA) is 100 Å². The minimum atomic E-state index is -0.345. The number of aliphatic imine (C=N–C) groups is 1. The molecule has 166 valence electrons. The number of benzene rings is 1. The molecule has 0 atom stereocenters. The van der Waals surface area contributed by atoms with Crippen molar-refractivity contribution in [3.63, 3.8) is 0 Å². The lowest BCUT2D eigenvalue weighted by molar-refractivity contribution is -0.113. The van der Waals surface area contributed by atoms with Crippen molar-refractivity contribution in [1.29, 1.82) is 5.26 Å². The number of thioether (sulfide) groups is 1. The Balaban J connectivity index is 1.57. The first-order chi connectivity index (χ1) is 15.9. The number of amidine groups is 1. The summed E-state index contributed by atoms with van der Waals surface area (Å²) in [5.41, 5.74) is 3.95. The molecular formula is C24H20ClN5O2S. The number of amides is 1. The number of hydrogen-bond acceptors (Lipinski definition) is 7. The summed E-state index contributed by atoms with van der Waals surface area (Å²) in [5.74, 6) is 0.0414. The summed E-state index contributed by atoms with van der Waals surface area (Å²) in [7, 11) is 0. The van der Waals surface area contributed by atoms with E-state index in [0.29, 0.717) is 49.7 Å². The van der Waals surface area contributed by atoms with Gasteiger partial charge in [0.1, 0.15) is 17.1 Å². The second kappa shape index (κ2) is 9.61. The minimum absolute atomic E-state index is 0.137. The third-order valence-electron chi connectivity index (χ3n) is 4.83. The Kier molecular flexibility index (Phi) is 6.63. The van der Waals surface area contributed by atoms with Crippen LogP contribution in [0.4, 0.5) is 0 Å². The van der Waals surface area contributed by atoms with E-state index in [1.807, 2.05) is 39.0 Å². The minimum Gasteiger partial charge on any atom is -0.487 e. The van der Waals surface area contributed by atoms with Crippen molar-refractivity contribution in [2.75, 3.05) is 0 Å². The van der Waals surface area contributed by atoms with Gasteiger partial charge in [-0.1, -0.05) is 23.7 Å². The monoisotopic (exact) mass is 477 g/mol. The van der Waals surface area contributed by atoms with E-state index < -0.39 is 0 Å². The molecule has 7 nitrogen and oxygen atoms in total. The Hall–Kier alpha value is -3.41. The molecular weight excluding hydrogens is 458 g/mol. The van der Waals surface area contributed by atoms with Crippen molar-refractivity contribution in [3.05, 3.63) is 68.8 Å². The third kappa shape index (κ3) is 5.00. The predicted octanol–water partition coefficient (Wildman–Crippen LogP) is 5.01. The second-order valence-electron chi connectivity index (χ2n) is 7.60. The fraction of sp³-hybridized carbons (Fsp3) is 0.208. The number of nitriles is 1. The highest BCUT2D eigenvalue weighted by Crippen LogP contribution is 2.31. The van der Waals surface area contributed by atoms with Gasteiger partial charge >= 0.3 is 0 Å². The molecule has 0 aliphatic carbocycles. The normalized spacial score (nSPS) is 14.6. The van der Waals surface area contributed by atoms with Crippen LogP contribution in [0.1, 0.15) is 36.2 Å². The number of nitrogens with zero attached hydrogens (tertiary/aromatic N) is 4. The highest BCUT2D eigenvalue weighted by atomic mass is 35.5. The van der Waals surface area contributed by atoms with Crippen LogP contribution in [0.15, 0.2) is 46.4 Å². The van der Waals surface area contributed by atoms with E-state index in [4.69, 9.17) is 16.3 Å². The van der Waals surface area contributed by atoms with Crippen LogP contribution < -0.4 is 10.1 Å². The number of nitrogens with one attached hydrogen (secondary N) is 1. The number of rotatable bonds is 5. The molecule has 1 aromatic carbocycles. The molecule has 3 aromatic rings. The summed E-state index contributed by atoms with van der Waals surface area (Å²) >= 11 is 7.53. The SMILES string of the molecule is Cc1cccc(Cl)c1CNC1=NC(=O)/C(=C\c2ccc3ncc(C#N)c(OC(C)C)c3n2)S1. The average molecular weight is 478 g/mol. The zero-order chi connectivity index (χ0) is 23.5. The predicted molar refractivity (Wildman–Crippen MR) is 131 cm³/mol. The van der Waals surface area contributed by atoms with Gasteiger partial charge in [0.15, 0.2) is 10.9 Å². The van der Waals surface area contributed by atoms with Crippen molar-refractivity contribution in [1.82, 2.24) is 15.3 Å². The zero-order valence-corrected chi connectivity index (χ0v) is 19.8. The largest absolute Gasteiger partial charge is 0.487 e. The zero-order valence-electron chi connectivity index (χ0n) is 18.2. The first-order valence-electron chi connectivity index (χ1n) is 10.2. The molecule has 1 N–H and O–H groups in total. The fourth-order valence-corrected chi connectivity index (χ4v) is 4.33. The fourth-order valence-electron chi connectivity index (χ4n) is 3.25. The molecule has 4 rings (SSSR count). The highest BCUT2D eigenvalue weighted by molar-refractivity contribution is 8.18. The molecule has 0 fully saturated rings. The van der Waals surface area contributed by atoms with Gasteiger partial charge in [0.2, 0.25) is 0 Å². The van der Waals surface area contributed by atoms with Crippen LogP contribution in [0, 0.1) is 18.3 Å². The maximum absolute atomic E-state index is 12.5. The van der Waals surface area contributed by atoms with Gasteiger partial charge in [0, 0.05) is 17.8 Å². The van der Waals surface area contributed by atoms with E-state index in [-0.39, 0.29) is 12.0 Å². The number of halogens is 1. The summed E-state index contributed by atoms with van der Waals surface area (Å²) in [6.45, 7) is 6.20. The van der Waals surface area contributed by atoms with Crippen LogP contribution in [0.2, 0.25) is 5.02 Å². The molecule has 2 aromatic heterocycles. The number of ether oxygens (including phenoxy) is 1. The van der Waals surface area contributed by atoms with E-state index in [2.05, 4.69) is 26.3 Å². The van der Waals surface area contributed by atoms with Gasteiger partial charge in [-0.3, -0.25) is 9.78 Å². The Morgan fingerprint density at radius 3 is 2.85 bits per heavy atom. The smallest absolute Gasteiger partial charge is 0.286 e. The van der Waals surface area contributed by atoms with Gasteiger partial charge in [-0.25, -0.2) is 4.98 Å². The van der Waals surface area contributed by atoms with E-state index in [1.165, 1.54) is 18.0 Å². The van der Waals surface area contributed by atoms with Crippen LogP contribution in [0.25, 0.3) is 17.1 Å². The van der Waals surface area contributed by atoms with Crippen molar-refractivity contribution >= 4 is 51.5 Å².